The number of nitrogens with one attached hydrogen (secondary N) is 2. The number of carbonyl (C=O) groups excluding carboxylic acids is 1. The molecule has 1 saturated heterocycles. The standard InChI is InChI=1S/C21H22FN5O/c1-12-25-19-16(20(23)28)3-2-4-17(19)21(26-12)27-18-11-24-10-9-15(18)13-5-7-14(22)8-6-13/h2-8,15,18,24H,9-11H2,1H3,(H2,23,28)(H,25,26,27)/t15-,18?/m1/s1. The molecule has 0 saturated carbocycles. The van der Waals surface area contributed by atoms with E-state index in [2.05, 4.69) is 20.6 Å². The fourth-order valence-corrected chi connectivity index (χ4v) is 3.87. The van der Waals surface area contributed by atoms with E-state index < -0.39 is 5.91 Å². The largest absolute Gasteiger partial charge is 0.366 e. The van der Waals surface area contributed by atoms with Gasteiger partial charge in [-0.2, -0.15) is 0 Å². The molecule has 2 heterocycles. The lowest BCUT2D eigenvalue weighted by Gasteiger charge is -2.34. The van der Waals surface area contributed by atoms with Gasteiger partial charge in [0, 0.05) is 23.9 Å². The van der Waals surface area contributed by atoms with Crippen LogP contribution in [0.5, 0.6) is 0 Å². The van der Waals surface area contributed by atoms with Crippen molar-refractivity contribution in [2.45, 2.75) is 25.3 Å². The summed E-state index contributed by atoms with van der Waals surface area (Å²) in [4.78, 5) is 20.8. The van der Waals surface area contributed by atoms with E-state index >= 15 is 0 Å². The summed E-state index contributed by atoms with van der Waals surface area (Å²) in [6, 6.07) is 12.1. The molecule has 1 aliphatic heterocycles. The molecule has 1 fully saturated rings. The van der Waals surface area contributed by atoms with Gasteiger partial charge in [-0.15, -0.1) is 0 Å². The van der Waals surface area contributed by atoms with Gasteiger partial charge in [0.1, 0.15) is 17.5 Å². The lowest BCUT2D eigenvalue weighted by molar-refractivity contribution is 0.100. The lowest BCUT2D eigenvalue weighted by Crippen LogP contribution is -2.44. The van der Waals surface area contributed by atoms with E-state index in [9.17, 15) is 9.18 Å². The van der Waals surface area contributed by atoms with Crippen molar-refractivity contribution >= 4 is 22.6 Å². The first-order chi connectivity index (χ1) is 13.5. The predicted molar refractivity (Wildman–Crippen MR) is 107 cm³/mol. The van der Waals surface area contributed by atoms with Crippen molar-refractivity contribution in [2.75, 3.05) is 18.4 Å². The number of amides is 1. The van der Waals surface area contributed by atoms with E-state index in [-0.39, 0.29) is 17.8 Å². The van der Waals surface area contributed by atoms with Crippen LogP contribution in [0.4, 0.5) is 10.2 Å². The molecule has 1 unspecified atom stereocenters. The van der Waals surface area contributed by atoms with Gasteiger partial charge in [-0.25, -0.2) is 14.4 Å². The topological polar surface area (TPSA) is 92.9 Å². The number of nitrogens with two attached hydrogens (primary N) is 1. The number of anilines is 1. The first kappa shape index (κ1) is 18.3. The average molecular weight is 379 g/mol. The second kappa shape index (κ2) is 7.52. The zero-order valence-corrected chi connectivity index (χ0v) is 15.6. The van der Waals surface area contributed by atoms with E-state index in [4.69, 9.17) is 5.73 Å². The molecule has 0 spiro atoms. The lowest BCUT2D eigenvalue weighted by atomic mass is 9.86. The molecule has 1 amide bonds. The number of para-hydroxylation sites is 1. The third-order valence-corrected chi connectivity index (χ3v) is 5.21. The number of benzene rings is 2. The van der Waals surface area contributed by atoms with Gasteiger partial charge in [-0.3, -0.25) is 4.79 Å². The van der Waals surface area contributed by atoms with E-state index in [0.717, 1.165) is 30.5 Å². The Hall–Kier alpha value is -3.06. The van der Waals surface area contributed by atoms with Crippen LogP contribution in [0.2, 0.25) is 0 Å². The molecule has 0 aliphatic carbocycles. The van der Waals surface area contributed by atoms with Gasteiger partial charge in [0.15, 0.2) is 0 Å². The minimum Gasteiger partial charge on any atom is -0.366 e. The Kier molecular flexibility index (Phi) is 4.92. The number of primary amides is 1. The minimum atomic E-state index is -0.516. The van der Waals surface area contributed by atoms with Crippen LogP contribution < -0.4 is 16.4 Å². The smallest absolute Gasteiger partial charge is 0.250 e. The van der Waals surface area contributed by atoms with Crippen molar-refractivity contribution in [3.8, 4) is 0 Å². The average Bonchev–Trinajstić information content (AvgIpc) is 2.68. The van der Waals surface area contributed by atoms with Crippen LogP contribution in [-0.4, -0.2) is 35.0 Å². The summed E-state index contributed by atoms with van der Waals surface area (Å²) in [7, 11) is 0. The van der Waals surface area contributed by atoms with Crippen molar-refractivity contribution in [2.24, 2.45) is 5.73 Å². The summed E-state index contributed by atoms with van der Waals surface area (Å²) in [6.07, 6.45) is 0.928. The summed E-state index contributed by atoms with van der Waals surface area (Å²) >= 11 is 0. The Morgan fingerprint density at radius 1 is 1.21 bits per heavy atom. The Morgan fingerprint density at radius 2 is 2.00 bits per heavy atom. The molecule has 2 atom stereocenters. The molecule has 1 aromatic heterocycles. The van der Waals surface area contributed by atoms with E-state index in [0.29, 0.717) is 22.7 Å². The number of piperidine rings is 1. The van der Waals surface area contributed by atoms with Crippen LogP contribution in [0.3, 0.4) is 0 Å². The molecule has 28 heavy (non-hydrogen) atoms. The number of aryl methyl sites for hydroxylation is 1. The van der Waals surface area contributed by atoms with Crippen LogP contribution in [0.1, 0.15) is 34.1 Å². The highest BCUT2D eigenvalue weighted by Crippen LogP contribution is 2.30. The first-order valence-electron chi connectivity index (χ1n) is 9.33. The summed E-state index contributed by atoms with van der Waals surface area (Å²) in [5, 5.41) is 7.69. The highest BCUT2D eigenvalue weighted by atomic mass is 19.1. The van der Waals surface area contributed by atoms with Gasteiger partial charge in [0.25, 0.3) is 5.91 Å². The van der Waals surface area contributed by atoms with Crippen LogP contribution in [0, 0.1) is 12.7 Å². The molecule has 4 N–H and O–H groups in total. The summed E-state index contributed by atoms with van der Waals surface area (Å²) < 4.78 is 13.3. The second-order valence-corrected chi connectivity index (χ2v) is 7.09. The molecule has 0 radical (unpaired) electrons. The molecule has 4 rings (SSSR count). The molecular formula is C21H22FN5O. The Morgan fingerprint density at radius 3 is 2.75 bits per heavy atom. The van der Waals surface area contributed by atoms with Gasteiger partial charge in [-0.05, 0) is 49.7 Å². The summed E-state index contributed by atoms with van der Waals surface area (Å²) in [5.74, 6) is 0.695. The Labute approximate surface area is 162 Å². The van der Waals surface area contributed by atoms with Crippen LogP contribution in [0.25, 0.3) is 10.9 Å². The molecule has 3 aromatic rings. The molecular weight excluding hydrogens is 357 g/mol. The maximum atomic E-state index is 13.3. The monoisotopic (exact) mass is 379 g/mol. The van der Waals surface area contributed by atoms with Crippen LogP contribution >= 0.6 is 0 Å². The normalized spacial score (nSPS) is 19.5. The van der Waals surface area contributed by atoms with Gasteiger partial charge >= 0.3 is 0 Å². The fraction of sp³-hybridized carbons (Fsp3) is 0.286. The second-order valence-electron chi connectivity index (χ2n) is 7.09. The van der Waals surface area contributed by atoms with Crippen LogP contribution in [-0.2, 0) is 0 Å². The number of nitrogens with zero attached hydrogens (tertiary/aromatic N) is 2. The molecule has 7 heteroatoms. The first-order valence-corrected chi connectivity index (χ1v) is 9.33. The number of aromatic nitrogens is 2. The van der Waals surface area contributed by atoms with Gasteiger partial charge in [-0.1, -0.05) is 18.2 Å². The fourth-order valence-electron chi connectivity index (χ4n) is 3.87. The molecule has 6 nitrogen and oxygen atoms in total. The van der Waals surface area contributed by atoms with Crippen molar-refractivity contribution in [3.05, 3.63) is 65.2 Å². The van der Waals surface area contributed by atoms with E-state index in [1.807, 2.05) is 18.2 Å². The van der Waals surface area contributed by atoms with E-state index in [1.54, 1.807) is 19.1 Å². The molecule has 1 aliphatic rings. The van der Waals surface area contributed by atoms with Gasteiger partial charge in [0.2, 0.25) is 0 Å². The number of hydrogen-bond donors (Lipinski definition) is 3. The highest BCUT2D eigenvalue weighted by molar-refractivity contribution is 6.07. The number of rotatable bonds is 4. The summed E-state index contributed by atoms with van der Waals surface area (Å²) in [6.45, 7) is 3.44. The number of carbonyl (C=O) groups is 1. The summed E-state index contributed by atoms with van der Waals surface area (Å²) in [5.41, 5.74) is 7.53. The molecule has 0 bridgehead atoms. The van der Waals surface area contributed by atoms with Crippen molar-refractivity contribution in [3.63, 3.8) is 0 Å². The number of fused-ring (bicyclic) bond motifs is 1. The third kappa shape index (κ3) is 3.53. The zero-order chi connectivity index (χ0) is 19.7. The van der Waals surface area contributed by atoms with Gasteiger partial charge < -0.3 is 16.4 Å². The van der Waals surface area contributed by atoms with E-state index in [1.165, 1.54) is 12.1 Å². The number of halogens is 1. The third-order valence-electron chi connectivity index (χ3n) is 5.21. The molecule has 144 valence electrons. The van der Waals surface area contributed by atoms with Crippen molar-refractivity contribution in [1.29, 1.82) is 0 Å². The highest BCUT2D eigenvalue weighted by Gasteiger charge is 2.27. The quantitative estimate of drug-likeness (QED) is 0.648. The Bertz CT molecular complexity index is 1020. The maximum Gasteiger partial charge on any atom is 0.250 e. The predicted octanol–water partition coefficient (Wildman–Crippen LogP) is 2.73. The number of hydrogen-bond acceptors (Lipinski definition) is 5. The maximum absolute atomic E-state index is 13.3. The Balaban J connectivity index is 1.72. The molecule has 2 aromatic carbocycles. The van der Waals surface area contributed by atoms with Gasteiger partial charge in [0.05, 0.1) is 11.1 Å². The van der Waals surface area contributed by atoms with Crippen molar-refractivity contribution in [1.82, 2.24) is 15.3 Å². The SMILES string of the molecule is Cc1nc(NC2CNCC[C@@H]2c2ccc(F)cc2)c2cccc(C(N)=O)c2n1. The van der Waals surface area contributed by atoms with Crippen LogP contribution in [0.15, 0.2) is 42.5 Å². The minimum absolute atomic E-state index is 0.0638. The van der Waals surface area contributed by atoms with Crippen molar-refractivity contribution < 1.29 is 9.18 Å². The zero-order valence-electron chi connectivity index (χ0n) is 15.6.